The van der Waals surface area contributed by atoms with Gasteiger partial charge in [0.15, 0.2) is 0 Å². The number of likely N-dealkylation sites (N-methyl/N-ethyl adjacent to an activating group) is 1. The summed E-state index contributed by atoms with van der Waals surface area (Å²) in [6.07, 6.45) is 0.169. The van der Waals surface area contributed by atoms with Crippen molar-refractivity contribution in [1.82, 2.24) is 10.2 Å². The van der Waals surface area contributed by atoms with Gasteiger partial charge in [-0.15, -0.1) is 0 Å². The van der Waals surface area contributed by atoms with E-state index in [1.807, 2.05) is 37.3 Å². The van der Waals surface area contributed by atoms with Crippen LogP contribution in [0.5, 0.6) is 0 Å². The van der Waals surface area contributed by atoms with Gasteiger partial charge < -0.3 is 10.2 Å². The monoisotopic (exact) mass is 671 g/mol. The molecule has 4 aromatic carbocycles. The molecule has 2 amide bonds. The maximum Gasteiger partial charge on any atom is 0.264 e. The number of sulfonamides is 1. The number of nitrogens with zero attached hydrogens (tertiary/aromatic N) is 2. The minimum atomic E-state index is -4.25. The highest BCUT2D eigenvalue weighted by Crippen LogP contribution is 2.30. The largest absolute Gasteiger partial charge is 0.355 e. The van der Waals surface area contributed by atoms with Crippen LogP contribution < -0.4 is 9.62 Å². The summed E-state index contributed by atoms with van der Waals surface area (Å²) in [6, 6.07) is 25.8. The standard InChI is InChI=1S/C33H32Cl3N3O4S/c1-3-37-33(41)31(19-24-9-5-4-6-10-24)38(21-28-29(35)13-8-14-30(28)36)32(40)22-39(26-12-7-11-25(34)20-26)44(42,43)27-17-15-23(2)16-18-27/h4-18,20,31H,3,19,21-22H2,1-2H3,(H,37,41)/t31-/m0/s1. The van der Waals surface area contributed by atoms with Crippen molar-refractivity contribution >= 4 is 62.3 Å². The van der Waals surface area contributed by atoms with Gasteiger partial charge in [-0.05, 0) is 61.9 Å². The van der Waals surface area contributed by atoms with Gasteiger partial charge in [0, 0.05) is 40.1 Å². The lowest BCUT2D eigenvalue weighted by molar-refractivity contribution is -0.140. The summed E-state index contributed by atoms with van der Waals surface area (Å²) in [5.41, 5.74) is 2.32. The van der Waals surface area contributed by atoms with Crippen molar-refractivity contribution in [3.63, 3.8) is 0 Å². The van der Waals surface area contributed by atoms with E-state index in [-0.39, 0.29) is 23.5 Å². The highest BCUT2D eigenvalue weighted by atomic mass is 35.5. The highest BCUT2D eigenvalue weighted by Gasteiger charge is 2.35. The van der Waals surface area contributed by atoms with E-state index in [0.29, 0.717) is 27.2 Å². The van der Waals surface area contributed by atoms with Crippen LogP contribution in [0.4, 0.5) is 5.69 Å². The number of halogens is 3. The van der Waals surface area contributed by atoms with Crippen LogP contribution in [0.25, 0.3) is 0 Å². The van der Waals surface area contributed by atoms with E-state index in [1.54, 1.807) is 55.5 Å². The predicted octanol–water partition coefficient (Wildman–Crippen LogP) is 6.93. The van der Waals surface area contributed by atoms with Crippen molar-refractivity contribution in [3.8, 4) is 0 Å². The topological polar surface area (TPSA) is 86.8 Å². The molecule has 7 nitrogen and oxygen atoms in total. The summed E-state index contributed by atoms with van der Waals surface area (Å²) < 4.78 is 29.1. The summed E-state index contributed by atoms with van der Waals surface area (Å²) in [7, 11) is -4.25. The molecular formula is C33H32Cl3N3O4S. The lowest BCUT2D eigenvalue weighted by Crippen LogP contribution is -2.53. The van der Waals surface area contributed by atoms with E-state index in [1.165, 1.54) is 23.1 Å². The number of nitrogens with one attached hydrogen (secondary N) is 1. The third kappa shape index (κ3) is 8.12. The van der Waals surface area contributed by atoms with Crippen molar-refractivity contribution in [1.29, 1.82) is 0 Å². The number of carbonyl (C=O) groups is 2. The molecular weight excluding hydrogens is 641 g/mol. The van der Waals surface area contributed by atoms with Crippen LogP contribution in [-0.2, 0) is 32.6 Å². The Bertz CT molecular complexity index is 1700. The summed E-state index contributed by atoms with van der Waals surface area (Å²) in [4.78, 5) is 29.4. The Morgan fingerprint density at radius 1 is 0.841 bits per heavy atom. The minimum absolute atomic E-state index is 0.00105. The van der Waals surface area contributed by atoms with Crippen molar-refractivity contribution in [2.45, 2.75) is 37.8 Å². The Labute approximate surface area is 273 Å². The normalized spacial score (nSPS) is 11.9. The molecule has 1 atom stereocenters. The fourth-order valence-corrected chi connectivity index (χ4v) is 6.80. The van der Waals surface area contributed by atoms with Gasteiger partial charge in [0.1, 0.15) is 12.6 Å². The number of aryl methyl sites for hydroxylation is 1. The van der Waals surface area contributed by atoms with Gasteiger partial charge in [-0.3, -0.25) is 13.9 Å². The number of anilines is 1. The van der Waals surface area contributed by atoms with Crippen molar-refractivity contribution < 1.29 is 18.0 Å². The third-order valence-corrected chi connectivity index (χ3v) is 9.73. The molecule has 0 aromatic heterocycles. The van der Waals surface area contributed by atoms with E-state index < -0.39 is 34.4 Å². The summed E-state index contributed by atoms with van der Waals surface area (Å²) in [6.45, 7) is 3.20. The van der Waals surface area contributed by atoms with Crippen molar-refractivity contribution in [3.05, 3.63) is 129 Å². The Morgan fingerprint density at radius 2 is 1.48 bits per heavy atom. The minimum Gasteiger partial charge on any atom is -0.355 e. The van der Waals surface area contributed by atoms with Crippen LogP contribution in [0, 0.1) is 6.92 Å². The molecule has 11 heteroatoms. The van der Waals surface area contributed by atoms with Crippen LogP contribution >= 0.6 is 34.8 Å². The zero-order valence-corrected chi connectivity index (χ0v) is 27.3. The van der Waals surface area contributed by atoms with Crippen LogP contribution in [0.3, 0.4) is 0 Å². The average Bonchev–Trinajstić information content (AvgIpc) is 2.99. The van der Waals surface area contributed by atoms with Crippen molar-refractivity contribution in [2.75, 3.05) is 17.4 Å². The quantitative estimate of drug-likeness (QED) is 0.177. The van der Waals surface area contributed by atoms with Gasteiger partial charge in [0.25, 0.3) is 10.0 Å². The SMILES string of the molecule is CCNC(=O)[C@H](Cc1ccccc1)N(Cc1c(Cl)cccc1Cl)C(=O)CN(c1cccc(Cl)c1)S(=O)(=O)c1ccc(C)cc1. The van der Waals surface area contributed by atoms with Gasteiger partial charge in [-0.2, -0.15) is 0 Å². The molecule has 4 aromatic rings. The number of hydrogen-bond donors (Lipinski definition) is 1. The zero-order valence-electron chi connectivity index (χ0n) is 24.2. The molecule has 0 unspecified atom stereocenters. The lowest BCUT2D eigenvalue weighted by Gasteiger charge is -2.34. The van der Waals surface area contributed by atoms with E-state index in [4.69, 9.17) is 34.8 Å². The van der Waals surface area contributed by atoms with E-state index in [2.05, 4.69) is 5.32 Å². The maximum absolute atomic E-state index is 14.4. The van der Waals surface area contributed by atoms with Crippen LogP contribution in [0.1, 0.15) is 23.6 Å². The maximum atomic E-state index is 14.4. The molecule has 4 rings (SSSR count). The molecule has 0 radical (unpaired) electrons. The average molecular weight is 673 g/mol. The smallest absolute Gasteiger partial charge is 0.264 e. The lowest BCUT2D eigenvalue weighted by atomic mass is 10.0. The fraction of sp³-hybridized carbons (Fsp3) is 0.212. The first-order valence-corrected chi connectivity index (χ1v) is 16.5. The number of carbonyl (C=O) groups excluding carboxylic acids is 2. The molecule has 0 fully saturated rings. The highest BCUT2D eigenvalue weighted by molar-refractivity contribution is 7.92. The first kappa shape index (κ1) is 33.3. The van der Waals surface area contributed by atoms with E-state index in [9.17, 15) is 18.0 Å². The predicted molar refractivity (Wildman–Crippen MR) is 177 cm³/mol. The summed E-state index contributed by atoms with van der Waals surface area (Å²) >= 11 is 19.3. The molecule has 230 valence electrons. The van der Waals surface area contributed by atoms with Crippen LogP contribution in [-0.4, -0.2) is 44.3 Å². The number of rotatable bonds is 12. The number of amides is 2. The van der Waals surface area contributed by atoms with Crippen LogP contribution in [0.15, 0.2) is 102 Å². The number of hydrogen-bond acceptors (Lipinski definition) is 4. The second kappa shape index (κ2) is 14.9. The summed E-state index contributed by atoms with van der Waals surface area (Å²) in [5.74, 6) is -1.03. The molecule has 0 aliphatic heterocycles. The van der Waals surface area contributed by atoms with Gasteiger partial charge in [0.05, 0.1) is 10.6 Å². The molecule has 0 bridgehead atoms. The molecule has 44 heavy (non-hydrogen) atoms. The Hall–Kier alpha value is -3.56. The summed E-state index contributed by atoms with van der Waals surface area (Å²) in [5, 5.41) is 3.73. The fourth-order valence-electron chi connectivity index (χ4n) is 4.70. The molecule has 0 saturated carbocycles. The van der Waals surface area contributed by atoms with Gasteiger partial charge in [0.2, 0.25) is 11.8 Å². The molecule has 0 saturated heterocycles. The van der Waals surface area contributed by atoms with Crippen molar-refractivity contribution in [2.24, 2.45) is 0 Å². The molecule has 1 N–H and O–H groups in total. The van der Waals surface area contributed by atoms with Gasteiger partial charge >= 0.3 is 0 Å². The van der Waals surface area contributed by atoms with E-state index >= 15 is 0 Å². The molecule has 0 heterocycles. The first-order chi connectivity index (χ1) is 21.0. The zero-order chi connectivity index (χ0) is 31.9. The van der Waals surface area contributed by atoms with Gasteiger partial charge in [-0.25, -0.2) is 8.42 Å². The molecule has 0 spiro atoms. The van der Waals surface area contributed by atoms with E-state index in [0.717, 1.165) is 15.4 Å². The molecule has 0 aliphatic carbocycles. The Kier molecular flexibility index (Phi) is 11.3. The van der Waals surface area contributed by atoms with Crippen LogP contribution in [0.2, 0.25) is 15.1 Å². The Morgan fingerprint density at radius 3 is 2.09 bits per heavy atom. The second-order valence-corrected chi connectivity index (χ2v) is 13.2. The number of benzene rings is 4. The first-order valence-electron chi connectivity index (χ1n) is 13.9. The second-order valence-electron chi connectivity index (χ2n) is 10.1. The Balaban J connectivity index is 1.83. The van der Waals surface area contributed by atoms with Gasteiger partial charge in [-0.1, -0.05) is 95.0 Å². The third-order valence-electron chi connectivity index (χ3n) is 7.00. The molecule has 0 aliphatic rings.